The van der Waals surface area contributed by atoms with E-state index in [9.17, 15) is 8.42 Å². The van der Waals surface area contributed by atoms with E-state index < -0.39 is 10.0 Å². The molecule has 1 fully saturated rings. The summed E-state index contributed by atoms with van der Waals surface area (Å²) in [5, 5.41) is -0.229. The van der Waals surface area contributed by atoms with Crippen molar-refractivity contribution in [3.05, 3.63) is 0 Å². The molecule has 1 rings (SSSR count). The lowest BCUT2D eigenvalue weighted by Crippen LogP contribution is -2.48. The van der Waals surface area contributed by atoms with E-state index in [1.165, 1.54) is 4.31 Å². The highest BCUT2D eigenvalue weighted by Crippen LogP contribution is 2.26. The van der Waals surface area contributed by atoms with Crippen molar-refractivity contribution in [2.24, 2.45) is 5.73 Å². The zero-order valence-corrected chi connectivity index (χ0v) is 8.86. The minimum Gasteiger partial charge on any atom is -0.328 e. The van der Waals surface area contributed by atoms with Crippen molar-refractivity contribution >= 4 is 22.4 Å². The number of halogens is 1. The van der Waals surface area contributed by atoms with Crippen molar-refractivity contribution in [3.8, 4) is 0 Å². The maximum atomic E-state index is 11.3. The molecule has 0 bridgehead atoms. The monoisotopic (exact) mass is 214 g/mol. The Balaban J connectivity index is 0.00000121. The summed E-state index contributed by atoms with van der Waals surface area (Å²) >= 11 is 0. The molecule has 0 spiro atoms. The minimum atomic E-state index is -3.02. The lowest BCUT2D eigenvalue weighted by Gasteiger charge is -2.33. The van der Waals surface area contributed by atoms with Gasteiger partial charge in [0.2, 0.25) is 10.0 Å². The molecule has 0 aromatic heterocycles. The van der Waals surface area contributed by atoms with Crippen LogP contribution < -0.4 is 5.73 Å². The first-order valence-electron chi connectivity index (χ1n) is 3.61. The van der Waals surface area contributed by atoms with Crippen LogP contribution in [-0.4, -0.2) is 38.1 Å². The Kier molecular flexibility index (Phi) is 3.96. The number of nitrogens with two attached hydrogens (primary N) is 1. The first-order chi connectivity index (χ1) is 4.94. The minimum absolute atomic E-state index is 0. The van der Waals surface area contributed by atoms with Crippen molar-refractivity contribution in [2.75, 3.05) is 14.1 Å². The molecular formula is C6H15ClN2O2S. The van der Waals surface area contributed by atoms with E-state index in [1.54, 1.807) is 14.1 Å². The van der Waals surface area contributed by atoms with Crippen LogP contribution in [0.1, 0.15) is 12.8 Å². The molecule has 0 radical (unpaired) electrons. The van der Waals surface area contributed by atoms with Crippen LogP contribution in [0.2, 0.25) is 0 Å². The summed E-state index contributed by atoms with van der Waals surface area (Å²) < 4.78 is 23.9. The fraction of sp³-hybridized carbons (Fsp3) is 1.00. The molecule has 0 aromatic carbocycles. The molecule has 1 saturated carbocycles. The smallest absolute Gasteiger partial charge is 0.216 e. The van der Waals surface area contributed by atoms with E-state index in [0.29, 0.717) is 12.8 Å². The summed E-state index contributed by atoms with van der Waals surface area (Å²) in [6, 6.07) is 0.0923. The third-order valence-electron chi connectivity index (χ3n) is 2.06. The second kappa shape index (κ2) is 3.91. The van der Waals surface area contributed by atoms with Crippen LogP contribution in [0.5, 0.6) is 0 Å². The first-order valence-corrected chi connectivity index (χ1v) is 5.12. The maximum Gasteiger partial charge on any atom is 0.216 e. The highest BCUT2D eigenvalue weighted by molar-refractivity contribution is 7.89. The molecule has 6 heteroatoms. The lowest BCUT2D eigenvalue weighted by atomic mass is 9.94. The van der Waals surface area contributed by atoms with Gasteiger partial charge in [-0.25, -0.2) is 12.7 Å². The molecule has 0 unspecified atom stereocenters. The van der Waals surface area contributed by atoms with Gasteiger partial charge in [0.15, 0.2) is 0 Å². The van der Waals surface area contributed by atoms with Crippen molar-refractivity contribution in [2.45, 2.75) is 24.1 Å². The summed E-state index contributed by atoms with van der Waals surface area (Å²) in [5.74, 6) is 0. The molecule has 0 amide bonds. The highest BCUT2D eigenvalue weighted by atomic mass is 35.5. The Morgan fingerprint density at radius 2 is 1.75 bits per heavy atom. The van der Waals surface area contributed by atoms with E-state index in [1.807, 2.05) is 0 Å². The summed E-state index contributed by atoms with van der Waals surface area (Å²) in [7, 11) is 0.0897. The number of sulfonamides is 1. The molecule has 4 nitrogen and oxygen atoms in total. The van der Waals surface area contributed by atoms with Gasteiger partial charge in [-0.2, -0.15) is 0 Å². The largest absolute Gasteiger partial charge is 0.328 e. The second-order valence-electron chi connectivity index (χ2n) is 3.18. The molecule has 0 atom stereocenters. The van der Waals surface area contributed by atoms with Crippen LogP contribution in [0.15, 0.2) is 0 Å². The van der Waals surface area contributed by atoms with Gasteiger partial charge in [0.25, 0.3) is 0 Å². The Morgan fingerprint density at radius 1 is 1.33 bits per heavy atom. The van der Waals surface area contributed by atoms with Crippen molar-refractivity contribution in [1.29, 1.82) is 0 Å². The zero-order chi connectivity index (χ0) is 8.65. The molecule has 1 aliphatic rings. The van der Waals surface area contributed by atoms with Crippen molar-refractivity contribution in [1.82, 2.24) is 4.31 Å². The van der Waals surface area contributed by atoms with Crippen LogP contribution in [-0.2, 0) is 10.0 Å². The van der Waals surface area contributed by atoms with Gasteiger partial charge < -0.3 is 5.73 Å². The molecule has 2 N–H and O–H groups in total. The summed E-state index contributed by atoms with van der Waals surface area (Å²) in [6.45, 7) is 0. The quantitative estimate of drug-likeness (QED) is 0.692. The van der Waals surface area contributed by atoms with Gasteiger partial charge in [-0.15, -0.1) is 12.4 Å². The van der Waals surface area contributed by atoms with Gasteiger partial charge in [-0.3, -0.25) is 0 Å². The normalized spacial score (nSPS) is 29.3. The van der Waals surface area contributed by atoms with Gasteiger partial charge in [0, 0.05) is 20.1 Å². The average molecular weight is 215 g/mol. The van der Waals surface area contributed by atoms with E-state index in [0.717, 1.165) is 0 Å². The Morgan fingerprint density at radius 3 is 2.00 bits per heavy atom. The topological polar surface area (TPSA) is 63.4 Å². The summed E-state index contributed by atoms with van der Waals surface area (Å²) in [6.07, 6.45) is 1.22. The predicted molar refractivity (Wildman–Crippen MR) is 50.9 cm³/mol. The van der Waals surface area contributed by atoms with E-state index in [4.69, 9.17) is 5.73 Å². The molecule has 0 heterocycles. The van der Waals surface area contributed by atoms with Crippen molar-refractivity contribution in [3.63, 3.8) is 0 Å². The van der Waals surface area contributed by atoms with Crippen LogP contribution in [0.25, 0.3) is 0 Å². The van der Waals surface area contributed by atoms with Gasteiger partial charge in [0.1, 0.15) is 0 Å². The molecule has 74 valence electrons. The maximum absolute atomic E-state index is 11.3. The van der Waals surface area contributed by atoms with Crippen molar-refractivity contribution < 1.29 is 8.42 Å². The van der Waals surface area contributed by atoms with E-state index >= 15 is 0 Å². The average Bonchev–Trinajstić information content (AvgIpc) is 1.80. The van der Waals surface area contributed by atoms with Gasteiger partial charge in [-0.05, 0) is 12.8 Å². The molecule has 0 saturated heterocycles. The van der Waals surface area contributed by atoms with Gasteiger partial charge >= 0.3 is 0 Å². The fourth-order valence-corrected chi connectivity index (χ4v) is 2.72. The van der Waals surface area contributed by atoms with Crippen LogP contribution in [0, 0.1) is 0 Å². The van der Waals surface area contributed by atoms with E-state index in [-0.39, 0.29) is 23.7 Å². The summed E-state index contributed by atoms with van der Waals surface area (Å²) in [4.78, 5) is 0. The van der Waals surface area contributed by atoms with Gasteiger partial charge in [-0.1, -0.05) is 0 Å². The van der Waals surface area contributed by atoms with Crippen LogP contribution >= 0.6 is 12.4 Å². The fourth-order valence-electron chi connectivity index (χ4n) is 1.15. The Labute approximate surface area is 79.6 Å². The summed E-state index contributed by atoms with van der Waals surface area (Å²) in [5.41, 5.74) is 5.48. The van der Waals surface area contributed by atoms with E-state index in [2.05, 4.69) is 0 Å². The molecule has 0 aromatic rings. The third-order valence-corrected chi connectivity index (χ3v) is 4.31. The van der Waals surface area contributed by atoms with Crippen LogP contribution in [0.3, 0.4) is 0 Å². The molecule has 1 aliphatic carbocycles. The first kappa shape index (κ1) is 12.2. The number of hydrogen-bond donors (Lipinski definition) is 1. The standard InChI is InChI=1S/C6H14N2O2S.ClH/c1-8(2)11(9,10)6-3-5(7)4-6;/h5-6H,3-4,7H2,1-2H3;1H. The molecule has 12 heavy (non-hydrogen) atoms. The van der Waals surface area contributed by atoms with Crippen LogP contribution in [0.4, 0.5) is 0 Å². The van der Waals surface area contributed by atoms with Gasteiger partial charge in [0.05, 0.1) is 5.25 Å². The molecular weight excluding hydrogens is 200 g/mol. The number of rotatable bonds is 2. The zero-order valence-electron chi connectivity index (χ0n) is 7.23. The number of hydrogen-bond acceptors (Lipinski definition) is 3. The Bertz CT molecular complexity index is 234. The highest BCUT2D eigenvalue weighted by Gasteiger charge is 2.37. The predicted octanol–water partition coefficient (Wildman–Crippen LogP) is -0.211. The number of nitrogens with zero attached hydrogens (tertiary/aromatic N) is 1. The second-order valence-corrected chi connectivity index (χ2v) is 5.61. The molecule has 0 aliphatic heterocycles. The lowest BCUT2D eigenvalue weighted by molar-refractivity contribution is 0.389. The Hall–Kier alpha value is 0.160. The SMILES string of the molecule is CN(C)S(=O)(=O)C1CC(N)C1.Cl. The third kappa shape index (κ3) is 2.10.